The number of carbonyl (C=O) groups is 1. The second kappa shape index (κ2) is 7.91. The van der Waals surface area contributed by atoms with Gasteiger partial charge in [-0.1, -0.05) is 5.92 Å². The second-order valence-corrected chi connectivity index (χ2v) is 6.77. The molecule has 0 aliphatic carbocycles. The molecule has 156 valence electrons. The number of ketones is 1. The predicted molar refractivity (Wildman–Crippen MR) is 112 cm³/mol. The first kappa shape index (κ1) is 20.9. The Morgan fingerprint density at radius 3 is 2.47 bits per heavy atom. The van der Waals surface area contributed by atoms with Gasteiger partial charge in [0, 0.05) is 12.6 Å². The monoisotopic (exact) mass is 410 g/mol. The number of Topliss-reactive ketones (excluding diaryl/α,β-unsaturated/α-hetero) is 1. The van der Waals surface area contributed by atoms with Crippen LogP contribution in [0.3, 0.4) is 0 Å². The molecule has 0 spiro atoms. The highest BCUT2D eigenvalue weighted by Gasteiger charge is 2.25. The fourth-order valence-corrected chi connectivity index (χ4v) is 3.32. The molecule has 0 aliphatic heterocycles. The van der Waals surface area contributed by atoms with Crippen LogP contribution in [0.15, 0.2) is 27.8 Å². The van der Waals surface area contributed by atoms with E-state index < -0.39 is 17.3 Å². The highest BCUT2D eigenvalue weighted by molar-refractivity contribution is 5.83. The Morgan fingerprint density at radius 2 is 1.90 bits per heavy atom. The van der Waals surface area contributed by atoms with Gasteiger partial charge in [0.2, 0.25) is 0 Å². The Bertz CT molecular complexity index is 1310. The summed E-state index contributed by atoms with van der Waals surface area (Å²) < 4.78 is 14.3. The van der Waals surface area contributed by atoms with Gasteiger partial charge in [-0.05, 0) is 32.0 Å². The molecule has 1 unspecified atom stereocenters. The molecule has 0 amide bonds. The number of hydrogen-bond donors (Lipinski definition) is 0. The van der Waals surface area contributed by atoms with Gasteiger partial charge in [-0.25, -0.2) is 14.3 Å². The molecule has 3 aromatic rings. The molecular formula is C21H22N4O5. The maximum Gasteiger partial charge on any atom is 0.334 e. The number of fused-ring (bicyclic) bond motifs is 1. The standard InChI is InChI=1S/C21H22N4O5/c1-7-10-24-20(27)17-19(25(21(24)28)12(2)13(3)26)22-18(23(17)4)14-8-9-15(29-5)16(11-14)30-6/h1,8-9,11-12H,10H2,2-6H3. The van der Waals surface area contributed by atoms with Crippen molar-refractivity contribution in [2.24, 2.45) is 7.05 Å². The molecule has 1 aromatic carbocycles. The summed E-state index contributed by atoms with van der Waals surface area (Å²) in [7, 11) is 4.71. The zero-order chi connectivity index (χ0) is 22.2. The van der Waals surface area contributed by atoms with Crippen molar-refractivity contribution in [3.63, 3.8) is 0 Å². The molecule has 0 bridgehead atoms. The summed E-state index contributed by atoms with van der Waals surface area (Å²) in [6.07, 6.45) is 5.35. The Hall–Kier alpha value is -3.80. The lowest BCUT2D eigenvalue weighted by Gasteiger charge is -2.14. The molecule has 0 aliphatic rings. The van der Waals surface area contributed by atoms with Crippen LogP contribution in [0.25, 0.3) is 22.6 Å². The average Bonchev–Trinajstić information content (AvgIpc) is 3.07. The van der Waals surface area contributed by atoms with E-state index in [2.05, 4.69) is 10.9 Å². The molecular weight excluding hydrogens is 388 g/mol. The van der Waals surface area contributed by atoms with E-state index in [4.69, 9.17) is 15.9 Å². The lowest BCUT2D eigenvalue weighted by Crippen LogP contribution is -2.42. The number of benzene rings is 1. The van der Waals surface area contributed by atoms with Crippen LogP contribution in [-0.4, -0.2) is 38.7 Å². The Morgan fingerprint density at radius 1 is 1.23 bits per heavy atom. The zero-order valence-corrected chi connectivity index (χ0v) is 17.4. The third-order valence-corrected chi connectivity index (χ3v) is 5.06. The number of ether oxygens (including phenoxy) is 2. The van der Waals surface area contributed by atoms with E-state index in [9.17, 15) is 14.4 Å². The van der Waals surface area contributed by atoms with Crippen molar-refractivity contribution in [3.05, 3.63) is 39.0 Å². The minimum atomic E-state index is -0.822. The number of methoxy groups -OCH3 is 2. The normalized spacial score (nSPS) is 11.9. The topological polar surface area (TPSA) is 97.3 Å². The highest BCUT2D eigenvalue weighted by atomic mass is 16.5. The molecule has 3 rings (SSSR count). The lowest BCUT2D eigenvalue weighted by atomic mass is 10.2. The highest BCUT2D eigenvalue weighted by Crippen LogP contribution is 2.32. The molecule has 0 fully saturated rings. The molecule has 0 saturated heterocycles. The SMILES string of the molecule is C#CCn1c(=O)c2c(nc(-c3ccc(OC)c(OC)c3)n2C)n(C(C)C(C)=O)c1=O. The van der Waals surface area contributed by atoms with Crippen LogP contribution in [0.4, 0.5) is 0 Å². The van der Waals surface area contributed by atoms with E-state index >= 15 is 0 Å². The van der Waals surface area contributed by atoms with Crippen LogP contribution in [0, 0.1) is 12.3 Å². The number of imidazole rings is 1. The van der Waals surface area contributed by atoms with Crippen LogP contribution >= 0.6 is 0 Å². The Balaban J connectivity index is 2.43. The minimum Gasteiger partial charge on any atom is -0.493 e. The first-order chi connectivity index (χ1) is 14.3. The predicted octanol–water partition coefficient (Wildman–Crippen LogP) is 1.36. The minimum absolute atomic E-state index is 0.119. The third kappa shape index (κ3) is 3.16. The van der Waals surface area contributed by atoms with Gasteiger partial charge in [-0.15, -0.1) is 6.42 Å². The van der Waals surface area contributed by atoms with E-state index in [0.717, 1.165) is 4.57 Å². The van der Waals surface area contributed by atoms with Crippen LogP contribution in [0.1, 0.15) is 19.9 Å². The fourth-order valence-electron chi connectivity index (χ4n) is 3.32. The quantitative estimate of drug-likeness (QED) is 0.570. The third-order valence-electron chi connectivity index (χ3n) is 5.06. The smallest absolute Gasteiger partial charge is 0.334 e. The molecule has 2 aromatic heterocycles. The number of nitrogens with zero attached hydrogens (tertiary/aromatic N) is 4. The Labute approximate surface area is 172 Å². The maximum atomic E-state index is 13.0. The number of terminal acetylenes is 1. The number of aromatic nitrogens is 4. The summed E-state index contributed by atoms with van der Waals surface area (Å²) in [5.74, 6) is 3.52. The van der Waals surface area contributed by atoms with Crippen molar-refractivity contribution in [1.82, 2.24) is 18.7 Å². The van der Waals surface area contributed by atoms with Crippen molar-refractivity contribution in [2.75, 3.05) is 14.2 Å². The lowest BCUT2D eigenvalue weighted by molar-refractivity contribution is -0.119. The van der Waals surface area contributed by atoms with Crippen molar-refractivity contribution in [1.29, 1.82) is 0 Å². The van der Waals surface area contributed by atoms with Gasteiger partial charge in [0.05, 0.1) is 26.8 Å². The van der Waals surface area contributed by atoms with Gasteiger partial charge in [-0.2, -0.15) is 0 Å². The van der Waals surface area contributed by atoms with Crippen LogP contribution in [0.2, 0.25) is 0 Å². The summed E-state index contributed by atoms with van der Waals surface area (Å²) in [6, 6.07) is 4.38. The van der Waals surface area contributed by atoms with Gasteiger partial charge in [0.15, 0.2) is 28.4 Å². The molecule has 0 radical (unpaired) electrons. The summed E-state index contributed by atoms with van der Waals surface area (Å²) in [4.78, 5) is 42.6. The first-order valence-electron chi connectivity index (χ1n) is 9.14. The van der Waals surface area contributed by atoms with Crippen LogP contribution in [0.5, 0.6) is 11.5 Å². The first-order valence-corrected chi connectivity index (χ1v) is 9.14. The van der Waals surface area contributed by atoms with Gasteiger partial charge in [0.25, 0.3) is 5.56 Å². The molecule has 1 atom stereocenters. The number of hydrogen-bond acceptors (Lipinski definition) is 6. The van der Waals surface area contributed by atoms with Crippen molar-refractivity contribution in [3.8, 4) is 35.2 Å². The van der Waals surface area contributed by atoms with Crippen molar-refractivity contribution < 1.29 is 14.3 Å². The van der Waals surface area contributed by atoms with Gasteiger partial charge >= 0.3 is 5.69 Å². The summed E-state index contributed by atoms with van der Waals surface area (Å²) in [5, 5.41) is 0. The largest absolute Gasteiger partial charge is 0.493 e. The number of aryl methyl sites for hydroxylation is 1. The molecule has 30 heavy (non-hydrogen) atoms. The fraction of sp³-hybridized carbons (Fsp3) is 0.333. The summed E-state index contributed by atoms with van der Waals surface area (Å²) in [6.45, 7) is 2.74. The summed E-state index contributed by atoms with van der Waals surface area (Å²) >= 11 is 0. The number of carbonyl (C=O) groups excluding carboxylic acids is 1. The summed E-state index contributed by atoms with van der Waals surface area (Å²) in [5.41, 5.74) is -0.313. The van der Waals surface area contributed by atoms with E-state index in [0.29, 0.717) is 22.9 Å². The molecule has 9 heteroatoms. The Kier molecular flexibility index (Phi) is 5.52. The van der Waals surface area contributed by atoms with Crippen molar-refractivity contribution >= 4 is 16.9 Å². The van der Waals surface area contributed by atoms with Gasteiger partial charge in [0.1, 0.15) is 5.82 Å². The van der Waals surface area contributed by atoms with E-state index in [-0.39, 0.29) is 23.5 Å². The van der Waals surface area contributed by atoms with Gasteiger partial charge in [-0.3, -0.25) is 14.2 Å². The van der Waals surface area contributed by atoms with Gasteiger partial charge < -0.3 is 14.0 Å². The van der Waals surface area contributed by atoms with E-state index in [1.54, 1.807) is 36.7 Å². The van der Waals surface area contributed by atoms with Crippen molar-refractivity contribution in [2.45, 2.75) is 26.4 Å². The van der Waals surface area contributed by atoms with E-state index in [1.165, 1.54) is 25.7 Å². The molecule has 2 heterocycles. The van der Waals surface area contributed by atoms with Crippen LogP contribution in [-0.2, 0) is 18.4 Å². The zero-order valence-electron chi connectivity index (χ0n) is 17.4. The molecule has 0 saturated carbocycles. The molecule has 0 N–H and O–H groups in total. The molecule has 9 nitrogen and oxygen atoms in total. The average molecular weight is 410 g/mol. The maximum absolute atomic E-state index is 13.0. The number of rotatable bonds is 6. The van der Waals surface area contributed by atoms with E-state index in [1.807, 2.05) is 0 Å². The van der Waals surface area contributed by atoms with Crippen LogP contribution < -0.4 is 20.7 Å². The second-order valence-electron chi connectivity index (χ2n) is 6.77.